The average Bonchev–Trinajstić information content (AvgIpc) is 3.30. The summed E-state index contributed by atoms with van der Waals surface area (Å²) in [6.07, 6.45) is 1.27. The van der Waals surface area contributed by atoms with E-state index in [1.807, 2.05) is 0 Å². The van der Waals surface area contributed by atoms with Gasteiger partial charge in [-0.3, -0.25) is 4.79 Å². The molecular weight excluding hydrogens is 346 g/mol. The smallest absolute Gasteiger partial charge is 0.307 e. The van der Waals surface area contributed by atoms with Crippen LogP contribution in [0.4, 0.5) is 0 Å². The van der Waals surface area contributed by atoms with Gasteiger partial charge in [0, 0.05) is 6.07 Å². The summed E-state index contributed by atoms with van der Waals surface area (Å²) in [6, 6.07) is 13.0. The van der Waals surface area contributed by atoms with Gasteiger partial charge in [0.05, 0.1) is 23.3 Å². The van der Waals surface area contributed by atoms with Crippen molar-refractivity contribution >= 4 is 15.8 Å². The maximum Gasteiger partial charge on any atom is 0.307 e. The molecule has 8 heteroatoms. The van der Waals surface area contributed by atoms with Crippen LogP contribution in [0.5, 0.6) is 0 Å². The quantitative estimate of drug-likeness (QED) is 0.597. The lowest BCUT2D eigenvalue weighted by atomic mass is 10.3. The van der Waals surface area contributed by atoms with Crippen molar-refractivity contribution < 1.29 is 26.9 Å². The molecule has 0 fully saturated rings. The van der Waals surface area contributed by atoms with E-state index in [9.17, 15) is 13.2 Å². The fourth-order valence-electron chi connectivity index (χ4n) is 2.10. The van der Waals surface area contributed by atoms with Gasteiger partial charge in [0.1, 0.15) is 12.3 Å². The number of sulfone groups is 1. The first kappa shape index (κ1) is 17.0. The largest absolute Gasteiger partial charge is 0.461 e. The van der Waals surface area contributed by atoms with Crippen molar-refractivity contribution in [2.24, 2.45) is 0 Å². The summed E-state index contributed by atoms with van der Waals surface area (Å²) in [5.41, 5.74) is 0.408. The third-order valence-electron chi connectivity index (χ3n) is 3.38. The monoisotopic (exact) mass is 361 g/mol. The predicted octanol–water partition coefficient (Wildman–Crippen LogP) is 2.84. The molecule has 0 bridgehead atoms. The Kier molecular flexibility index (Phi) is 4.99. The van der Waals surface area contributed by atoms with Crippen LogP contribution in [0.2, 0.25) is 0 Å². The Bertz CT molecular complexity index is 929. The summed E-state index contributed by atoms with van der Waals surface area (Å²) < 4.78 is 39.5. The minimum absolute atomic E-state index is 0.103. The highest BCUT2D eigenvalue weighted by atomic mass is 32.2. The second-order valence-electron chi connectivity index (χ2n) is 5.20. The molecule has 0 radical (unpaired) electrons. The minimum atomic E-state index is -3.51. The summed E-state index contributed by atoms with van der Waals surface area (Å²) in [4.78, 5) is 11.9. The number of carbonyl (C=O) groups excluding carboxylic acids is 1. The molecule has 7 nitrogen and oxygen atoms in total. The van der Waals surface area contributed by atoms with Gasteiger partial charge in [0.15, 0.2) is 15.6 Å². The third kappa shape index (κ3) is 4.36. The van der Waals surface area contributed by atoms with E-state index < -0.39 is 15.8 Å². The lowest BCUT2D eigenvalue weighted by Gasteiger charge is -2.04. The topological polar surface area (TPSA) is 99.6 Å². The molecule has 0 saturated carbocycles. The van der Waals surface area contributed by atoms with Crippen molar-refractivity contribution in [1.29, 1.82) is 0 Å². The molecule has 3 aromatic rings. The zero-order valence-electron chi connectivity index (χ0n) is 13.1. The molecule has 0 saturated heterocycles. The van der Waals surface area contributed by atoms with Gasteiger partial charge in [-0.15, -0.1) is 0 Å². The van der Waals surface area contributed by atoms with E-state index >= 15 is 0 Å². The van der Waals surface area contributed by atoms with Crippen LogP contribution in [0.25, 0.3) is 11.5 Å². The van der Waals surface area contributed by atoms with E-state index in [0.29, 0.717) is 17.2 Å². The molecule has 0 unspecified atom stereocenters. The van der Waals surface area contributed by atoms with Crippen LogP contribution in [-0.2, 0) is 26.0 Å². The standard InChI is InChI=1S/C17H15NO6S/c19-17(8-10-25(20,21)14-5-2-1-3-6-14)23-12-13-11-16(24-18-13)15-7-4-9-22-15/h1-7,9,11H,8,10,12H2. The van der Waals surface area contributed by atoms with Crippen molar-refractivity contribution in [3.05, 3.63) is 60.5 Å². The highest BCUT2D eigenvalue weighted by Crippen LogP contribution is 2.20. The molecule has 0 spiro atoms. The molecule has 0 aliphatic heterocycles. The molecule has 25 heavy (non-hydrogen) atoms. The molecule has 0 amide bonds. The molecule has 0 N–H and O–H groups in total. The summed E-state index contributed by atoms with van der Waals surface area (Å²) in [5, 5.41) is 3.77. The van der Waals surface area contributed by atoms with Crippen LogP contribution in [0.15, 0.2) is 68.6 Å². The molecular formula is C17H15NO6S. The summed E-state index contributed by atoms with van der Waals surface area (Å²) in [7, 11) is -3.51. The Balaban J connectivity index is 1.50. The molecule has 2 heterocycles. The van der Waals surface area contributed by atoms with E-state index in [1.54, 1.807) is 36.4 Å². The van der Waals surface area contributed by atoms with Gasteiger partial charge in [0.25, 0.3) is 0 Å². The van der Waals surface area contributed by atoms with Gasteiger partial charge in [-0.2, -0.15) is 0 Å². The molecule has 2 aromatic heterocycles. The Morgan fingerprint density at radius 2 is 1.88 bits per heavy atom. The summed E-state index contributed by atoms with van der Waals surface area (Å²) in [6.45, 7) is -0.103. The zero-order chi connectivity index (χ0) is 17.7. The van der Waals surface area contributed by atoms with Crippen molar-refractivity contribution in [1.82, 2.24) is 5.16 Å². The highest BCUT2D eigenvalue weighted by Gasteiger charge is 2.17. The SMILES string of the molecule is O=C(CCS(=O)(=O)c1ccccc1)OCc1cc(-c2ccco2)on1. The Morgan fingerprint density at radius 3 is 2.60 bits per heavy atom. The van der Waals surface area contributed by atoms with Gasteiger partial charge in [-0.25, -0.2) is 8.42 Å². The summed E-state index contributed by atoms with van der Waals surface area (Å²) in [5.74, 6) is -0.00412. The zero-order valence-corrected chi connectivity index (χ0v) is 13.9. The number of hydrogen-bond acceptors (Lipinski definition) is 7. The molecule has 0 atom stereocenters. The second-order valence-corrected chi connectivity index (χ2v) is 7.31. The number of esters is 1. The van der Waals surface area contributed by atoms with Crippen LogP contribution in [0, 0.1) is 0 Å². The molecule has 1 aromatic carbocycles. The van der Waals surface area contributed by atoms with Crippen LogP contribution >= 0.6 is 0 Å². The van der Waals surface area contributed by atoms with E-state index in [4.69, 9.17) is 13.7 Å². The molecule has 0 aliphatic carbocycles. The molecule has 3 rings (SSSR count). The third-order valence-corrected chi connectivity index (χ3v) is 5.11. The summed E-state index contributed by atoms with van der Waals surface area (Å²) >= 11 is 0. The van der Waals surface area contributed by atoms with Crippen LogP contribution < -0.4 is 0 Å². The van der Waals surface area contributed by atoms with Gasteiger partial charge in [-0.1, -0.05) is 23.4 Å². The first-order valence-electron chi connectivity index (χ1n) is 7.47. The lowest BCUT2D eigenvalue weighted by molar-refractivity contribution is -0.144. The van der Waals surface area contributed by atoms with Crippen LogP contribution in [0.1, 0.15) is 12.1 Å². The number of nitrogens with zero attached hydrogens (tertiary/aromatic N) is 1. The van der Waals surface area contributed by atoms with E-state index in [-0.39, 0.29) is 23.7 Å². The van der Waals surface area contributed by atoms with Crippen LogP contribution in [-0.4, -0.2) is 25.3 Å². The number of aromatic nitrogens is 1. The normalized spacial score (nSPS) is 11.4. The van der Waals surface area contributed by atoms with Gasteiger partial charge >= 0.3 is 5.97 Å². The fourth-order valence-corrected chi connectivity index (χ4v) is 3.35. The van der Waals surface area contributed by atoms with E-state index in [1.165, 1.54) is 18.4 Å². The second kappa shape index (κ2) is 7.35. The maximum atomic E-state index is 12.1. The van der Waals surface area contributed by atoms with E-state index in [0.717, 1.165) is 0 Å². The predicted molar refractivity (Wildman–Crippen MR) is 87.1 cm³/mol. The number of carbonyl (C=O) groups is 1. The molecule has 130 valence electrons. The number of benzene rings is 1. The number of hydrogen-bond donors (Lipinski definition) is 0. The van der Waals surface area contributed by atoms with Crippen molar-refractivity contribution in [2.75, 3.05) is 5.75 Å². The molecule has 0 aliphatic rings. The number of ether oxygens (including phenoxy) is 1. The van der Waals surface area contributed by atoms with Gasteiger partial charge < -0.3 is 13.7 Å². The Labute approximate surface area is 144 Å². The minimum Gasteiger partial charge on any atom is -0.461 e. The van der Waals surface area contributed by atoms with Gasteiger partial charge in [0.2, 0.25) is 5.76 Å². The average molecular weight is 361 g/mol. The van der Waals surface area contributed by atoms with Crippen molar-refractivity contribution in [2.45, 2.75) is 17.9 Å². The fraction of sp³-hybridized carbons (Fsp3) is 0.176. The van der Waals surface area contributed by atoms with Crippen molar-refractivity contribution in [3.8, 4) is 11.5 Å². The lowest BCUT2D eigenvalue weighted by Crippen LogP contribution is -2.13. The number of rotatable bonds is 7. The van der Waals surface area contributed by atoms with Crippen molar-refractivity contribution in [3.63, 3.8) is 0 Å². The highest BCUT2D eigenvalue weighted by molar-refractivity contribution is 7.91. The first-order valence-corrected chi connectivity index (χ1v) is 9.13. The van der Waals surface area contributed by atoms with E-state index in [2.05, 4.69) is 5.16 Å². The first-order chi connectivity index (χ1) is 12.0. The Morgan fingerprint density at radius 1 is 1.08 bits per heavy atom. The maximum absolute atomic E-state index is 12.1. The van der Waals surface area contributed by atoms with Crippen LogP contribution in [0.3, 0.4) is 0 Å². The number of furan rings is 1. The Hall–Kier alpha value is -2.87. The van der Waals surface area contributed by atoms with Gasteiger partial charge in [-0.05, 0) is 24.3 Å².